The maximum Gasteiger partial charge on any atom is 0.338 e. The van der Waals surface area contributed by atoms with Crippen molar-refractivity contribution in [1.82, 2.24) is 21.0 Å². The first kappa shape index (κ1) is 41.8. The molecule has 0 saturated carbocycles. The van der Waals surface area contributed by atoms with Crippen LogP contribution in [-0.4, -0.2) is 73.0 Å². The number of ketones is 1. The first-order chi connectivity index (χ1) is 27.0. The molecule has 2 atom stereocenters. The maximum atomic E-state index is 14.4. The monoisotopic (exact) mass is 762 g/mol. The van der Waals surface area contributed by atoms with Gasteiger partial charge in [0.1, 0.15) is 17.4 Å². The number of benzene rings is 5. The Kier molecular flexibility index (Phi) is 14.9. The molecule has 0 aliphatic heterocycles. The second kappa shape index (κ2) is 20.0. The number of Topliss-reactive ketones (excluding diaryl/α,β-unsaturated/α-hetero) is 1. The number of nitrogens with one attached hydrogen (secondary N) is 3. The van der Waals surface area contributed by atoms with Crippen molar-refractivity contribution in [1.29, 1.82) is 0 Å². The number of carbonyl (C=O) groups excluding carboxylic acids is 3. The van der Waals surface area contributed by atoms with Crippen LogP contribution in [0.3, 0.4) is 0 Å². The predicted octanol–water partition coefficient (Wildman–Crippen LogP) is 7.56. The molecular weight excluding hydrogens is 709 g/mol. The molecule has 0 saturated heterocycles. The van der Waals surface area contributed by atoms with E-state index in [1.54, 1.807) is 24.3 Å². The third kappa shape index (κ3) is 11.8. The van der Waals surface area contributed by atoms with Crippen molar-refractivity contribution in [3.05, 3.63) is 126 Å². The Bertz CT molecular complexity index is 2050. The van der Waals surface area contributed by atoms with E-state index in [-0.39, 0.29) is 24.9 Å². The van der Waals surface area contributed by atoms with Gasteiger partial charge in [-0.2, -0.15) is 0 Å². The summed E-state index contributed by atoms with van der Waals surface area (Å²) in [6, 6.07) is 33.0. The lowest BCUT2D eigenvalue weighted by Crippen LogP contribution is -2.54. The van der Waals surface area contributed by atoms with Gasteiger partial charge in [-0.15, -0.1) is 0 Å². The summed E-state index contributed by atoms with van der Waals surface area (Å²) < 4.78 is 18.1. The molecule has 0 unspecified atom stereocenters. The highest BCUT2D eigenvalue weighted by atomic mass is 16.7. The van der Waals surface area contributed by atoms with Gasteiger partial charge < -0.3 is 24.8 Å². The quantitative estimate of drug-likeness (QED) is 0.0447. The molecular formula is C45H54N4O7. The van der Waals surface area contributed by atoms with Crippen molar-refractivity contribution >= 4 is 39.3 Å². The van der Waals surface area contributed by atoms with Crippen LogP contribution < -0.4 is 20.9 Å². The summed E-state index contributed by atoms with van der Waals surface area (Å²) in [5.41, 5.74) is 4.25. The van der Waals surface area contributed by atoms with Gasteiger partial charge in [0.25, 0.3) is 0 Å². The highest BCUT2D eigenvalue weighted by Gasteiger charge is 2.31. The summed E-state index contributed by atoms with van der Waals surface area (Å²) in [5.74, 6) is -0.273. The van der Waals surface area contributed by atoms with Gasteiger partial charge in [-0.05, 0) is 98.5 Å². The molecule has 0 aliphatic carbocycles. The Morgan fingerprint density at radius 2 is 1.30 bits per heavy atom. The van der Waals surface area contributed by atoms with E-state index < -0.39 is 36.5 Å². The lowest BCUT2D eigenvalue weighted by atomic mass is 10.0. The number of hydrogen-bond acceptors (Lipinski definition) is 8. The Morgan fingerprint density at radius 3 is 1.91 bits per heavy atom. The minimum Gasteiger partial charge on any atom is -0.488 e. The van der Waals surface area contributed by atoms with Crippen LogP contribution in [0, 0.1) is 0 Å². The molecule has 0 heterocycles. The lowest BCUT2D eigenvalue weighted by molar-refractivity contribution is -0.172. The van der Waals surface area contributed by atoms with E-state index in [2.05, 4.69) is 45.3 Å². The number of hydrogen-bond donors (Lipinski definition) is 3. The van der Waals surface area contributed by atoms with Gasteiger partial charge in [0, 0.05) is 38.4 Å². The standard InChI is InChI=1S/C45H54N4O7/c1-7-53-43(54-8-2)31(3)49(28-36-20-14-18-33-16-10-12-22-39(33)36)29-40(42(51)34-23-25-37(26-24-34)56-45(4,5)6)47-41(50)30-55-48-44(52)46-27-35-19-13-17-32-15-9-11-21-38(32)35/h9-26,31,40,43H,7-8,27-30H2,1-6H3,(H,47,50)(H2,46,48,52)/t31-,40-/m0/s1. The second-order valence-corrected chi connectivity index (χ2v) is 14.5. The highest BCUT2D eigenvalue weighted by Crippen LogP contribution is 2.24. The summed E-state index contributed by atoms with van der Waals surface area (Å²) in [5, 5.41) is 9.92. The van der Waals surface area contributed by atoms with Crippen molar-refractivity contribution in [3.8, 4) is 5.75 Å². The zero-order valence-corrected chi connectivity index (χ0v) is 33.2. The Labute approximate surface area is 329 Å². The fraction of sp³-hybridized carbons (Fsp3) is 0.356. The van der Waals surface area contributed by atoms with E-state index in [0.29, 0.717) is 31.1 Å². The number of hydroxylamine groups is 1. The Hall–Kier alpha value is -5.33. The number of fused-ring (bicyclic) bond motifs is 2. The van der Waals surface area contributed by atoms with Crippen LogP contribution in [0.1, 0.15) is 63.0 Å². The molecule has 0 aromatic heterocycles. The van der Waals surface area contributed by atoms with Crippen LogP contribution in [0.15, 0.2) is 109 Å². The van der Waals surface area contributed by atoms with Crippen LogP contribution in [0.4, 0.5) is 4.79 Å². The summed E-state index contributed by atoms with van der Waals surface area (Å²) in [7, 11) is 0. The molecule has 5 aromatic rings. The average Bonchev–Trinajstić information content (AvgIpc) is 3.18. The van der Waals surface area contributed by atoms with Gasteiger partial charge in [-0.1, -0.05) is 84.9 Å². The molecule has 11 nitrogen and oxygen atoms in total. The second-order valence-electron chi connectivity index (χ2n) is 14.5. The number of carbonyl (C=O) groups is 3. The van der Waals surface area contributed by atoms with E-state index >= 15 is 0 Å². The molecule has 5 aromatic carbocycles. The van der Waals surface area contributed by atoms with Crippen molar-refractivity contribution in [2.45, 2.75) is 78.6 Å². The summed E-state index contributed by atoms with van der Waals surface area (Å²) >= 11 is 0. The van der Waals surface area contributed by atoms with Crippen LogP contribution in [0.2, 0.25) is 0 Å². The average molecular weight is 763 g/mol. The van der Waals surface area contributed by atoms with E-state index in [1.807, 2.05) is 102 Å². The van der Waals surface area contributed by atoms with Crippen molar-refractivity contribution in [2.24, 2.45) is 0 Å². The minimum atomic E-state index is -1.01. The number of nitrogens with zero attached hydrogens (tertiary/aromatic N) is 1. The van der Waals surface area contributed by atoms with Crippen LogP contribution in [-0.2, 0) is 32.2 Å². The van der Waals surface area contributed by atoms with Gasteiger partial charge in [0.2, 0.25) is 5.91 Å². The lowest BCUT2D eigenvalue weighted by Gasteiger charge is -2.36. The normalized spacial score (nSPS) is 12.8. The zero-order valence-electron chi connectivity index (χ0n) is 33.2. The Balaban J connectivity index is 1.34. The number of amides is 3. The highest BCUT2D eigenvalue weighted by molar-refractivity contribution is 6.02. The SMILES string of the molecule is CCOC(OCC)[C@H](C)N(Cc1cccc2ccccc12)C[C@H](NC(=O)CONC(=O)NCc1cccc2ccccc12)C(=O)c1ccc(OC(C)(C)C)cc1. The third-order valence-electron chi connectivity index (χ3n) is 9.20. The number of ether oxygens (including phenoxy) is 3. The molecule has 296 valence electrons. The van der Waals surface area contributed by atoms with Gasteiger partial charge in [0.05, 0.1) is 6.04 Å². The van der Waals surface area contributed by atoms with Crippen LogP contribution in [0.5, 0.6) is 5.75 Å². The topological polar surface area (TPSA) is 127 Å². The molecule has 5 rings (SSSR count). The summed E-state index contributed by atoms with van der Waals surface area (Å²) in [6.45, 7) is 12.8. The number of urea groups is 1. The molecule has 0 spiro atoms. The van der Waals surface area contributed by atoms with E-state index in [4.69, 9.17) is 19.0 Å². The fourth-order valence-corrected chi connectivity index (χ4v) is 6.58. The third-order valence-corrected chi connectivity index (χ3v) is 9.20. The van der Waals surface area contributed by atoms with Gasteiger partial charge in [-0.25, -0.2) is 10.3 Å². The van der Waals surface area contributed by atoms with Crippen LogP contribution in [0.25, 0.3) is 21.5 Å². The molecule has 3 amide bonds. The van der Waals surface area contributed by atoms with E-state index in [1.165, 1.54) is 0 Å². The first-order valence-corrected chi connectivity index (χ1v) is 19.1. The molecule has 0 fully saturated rings. The van der Waals surface area contributed by atoms with Crippen molar-refractivity contribution in [3.63, 3.8) is 0 Å². The summed E-state index contributed by atoms with van der Waals surface area (Å²) in [4.78, 5) is 47.9. The van der Waals surface area contributed by atoms with E-state index in [0.717, 1.165) is 32.7 Å². The van der Waals surface area contributed by atoms with Gasteiger partial charge in [-0.3, -0.25) is 19.3 Å². The minimum absolute atomic E-state index is 0.116. The predicted molar refractivity (Wildman–Crippen MR) is 219 cm³/mol. The first-order valence-electron chi connectivity index (χ1n) is 19.1. The molecule has 56 heavy (non-hydrogen) atoms. The smallest absolute Gasteiger partial charge is 0.338 e. The number of rotatable bonds is 19. The zero-order chi connectivity index (χ0) is 40.1. The molecule has 11 heteroatoms. The summed E-state index contributed by atoms with van der Waals surface area (Å²) in [6.07, 6.45) is -0.597. The molecule has 0 radical (unpaired) electrons. The molecule has 0 bridgehead atoms. The molecule has 0 aliphatic rings. The van der Waals surface area contributed by atoms with Crippen LogP contribution >= 0.6 is 0 Å². The largest absolute Gasteiger partial charge is 0.488 e. The van der Waals surface area contributed by atoms with Gasteiger partial charge >= 0.3 is 6.03 Å². The van der Waals surface area contributed by atoms with Gasteiger partial charge in [0.15, 0.2) is 18.7 Å². The van der Waals surface area contributed by atoms with E-state index in [9.17, 15) is 14.4 Å². The van der Waals surface area contributed by atoms with Crippen molar-refractivity contribution < 1.29 is 33.4 Å². The Morgan fingerprint density at radius 1 is 0.732 bits per heavy atom. The fourth-order valence-electron chi connectivity index (χ4n) is 6.58. The van der Waals surface area contributed by atoms with Crippen molar-refractivity contribution in [2.75, 3.05) is 26.4 Å². The maximum absolute atomic E-state index is 14.4. The molecule has 3 N–H and O–H groups in total.